The van der Waals surface area contributed by atoms with E-state index in [1.165, 1.54) is 44.5 Å². The second-order valence-corrected chi connectivity index (χ2v) is 16.4. The smallest absolute Gasteiger partial charge is 0.303 e. The zero-order chi connectivity index (χ0) is 32.1. The van der Waals surface area contributed by atoms with Crippen LogP contribution < -0.4 is 9.46 Å². The van der Waals surface area contributed by atoms with Crippen LogP contribution >= 0.6 is 0 Å². The number of rotatable bonds is 6. The van der Waals surface area contributed by atoms with Crippen molar-refractivity contribution in [3.63, 3.8) is 0 Å². The first-order valence-electron chi connectivity index (χ1n) is 16.6. The summed E-state index contributed by atoms with van der Waals surface area (Å²) in [5.74, 6) is 0.814. The van der Waals surface area contributed by atoms with E-state index in [0.717, 1.165) is 71.0 Å². The number of nitrogens with one attached hydrogen (secondary N) is 1. The van der Waals surface area contributed by atoms with E-state index in [2.05, 4.69) is 38.3 Å². The van der Waals surface area contributed by atoms with Gasteiger partial charge in [-0.1, -0.05) is 25.3 Å². The SMILES string of the molecule is COc1ccc2c(c1)[C@H]1C[C@@]1(C(=O)N1[C@@H]3C[C@H]1CN(C)C3)Cn1c-2c(C2CCCCC2)c2ccc(C(=O)NS(=O)(=O)N(C)C)cc21. The fourth-order valence-corrected chi connectivity index (χ4v) is 9.63. The first-order valence-corrected chi connectivity index (χ1v) is 18.1. The van der Waals surface area contributed by atoms with Gasteiger partial charge in [-0.15, -0.1) is 0 Å². The second kappa shape index (κ2) is 10.6. The summed E-state index contributed by atoms with van der Waals surface area (Å²) in [7, 11) is 2.65. The van der Waals surface area contributed by atoms with E-state index in [1.54, 1.807) is 13.2 Å². The lowest BCUT2D eigenvalue weighted by Gasteiger charge is -2.56. The number of likely N-dealkylation sites (N-methyl/N-ethyl adjacent to an activating group) is 1. The van der Waals surface area contributed by atoms with Crippen molar-refractivity contribution in [2.24, 2.45) is 5.41 Å². The predicted octanol–water partition coefficient (Wildman–Crippen LogP) is 4.30. The molecule has 3 aromatic rings. The van der Waals surface area contributed by atoms with Crippen molar-refractivity contribution in [1.82, 2.24) is 23.4 Å². The molecule has 2 aromatic carbocycles. The van der Waals surface area contributed by atoms with Gasteiger partial charge in [-0.25, -0.2) is 4.72 Å². The van der Waals surface area contributed by atoms with Gasteiger partial charge in [-0.3, -0.25) is 9.59 Å². The maximum Gasteiger partial charge on any atom is 0.303 e. The number of fused-ring (bicyclic) bond motifs is 9. The van der Waals surface area contributed by atoms with Gasteiger partial charge in [0.15, 0.2) is 0 Å². The molecular formula is C35H43N5O5S. The molecule has 11 heteroatoms. The van der Waals surface area contributed by atoms with E-state index in [0.29, 0.717) is 12.5 Å². The Kier molecular flexibility index (Phi) is 6.87. The summed E-state index contributed by atoms with van der Waals surface area (Å²) in [6, 6.07) is 12.4. The number of piperazine rings is 1. The van der Waals surface area contributed by atoms with Crippen LogP contribution in [0.2, 0.25) is 0 Å². The minimum absolute atomic E-state index is 0.0787. The largest absolute Gasteiger partial charge is 0.497 e. The van der Waals surface area contributed by atoms with Gasteiger partial charge in [0, 0.05) is 73.8 Å². The van der Waals surface area contributed by atoms with Crippen molar-refractivity contribution >= 4 is 32.9 Å². The number of nitrogens with zero attached hydrogens (tertiary/aromatic N) is 4. The van der Waals surface area contributed by atoms with E-state index in [9.17, 15) is 18.0 Å². The molecule has 0 unspecified atom stereocenters. The van der Waals surface area contributed by atoms with Gasteiger partial charge < -0.3 is 19.1 Å². The molecule has 2 saturated carbocycles. The minimum Gasteiger partial charge on any atom is -0.497 e. The lowest BCUT2D eigenvalue weighted by Crippen LogP contribution is -2.70. The number of carbonyl (C=O) groups is 2. The molecule has 1 aromatic heterocycles. The van der Waals surface area contributed by atoms with Crippen LogP contribution in [0.1, 0.15) is 78.3 Å². The molecule has 8 rings (SSSR count). The van der Waals surface area contributed by atoms with Gasteiger partial charge in [-0.2, -0.15) is 12.7 Å². The van der Waals surface area contributed by atoms with E-state index in [4.69, 9.17) is 4.74 Å². The molecule has 1 N–H and O–H groups in total. The Hall–Kier alpha value is -3.41. The molecule has 0 spiro atoms. The maximum atomic E-state index is 14.8. The van der Waals surface area contributed by atoms with Gasteiger partial charge in [0.1, 0.15) is 5.75 Å². The summed E-state index contributed by atoms with van der Waals surface area (Å²) < 4.78 is 36.3. The van der Waals surface area contributed by atoms with Crippen LogP contribution in [0, 0.1) is 5.41 Å². The molecule has 2 amide bonds. The maximum absolute atomic E-state index is 14.8. The second-order valence-electron chi connectivity index (χ2n) is 14.5. The topological polar surface area (TPSA) is 104 Å². The van der Waals surface area contributed by atoms with Crippen LogP contribution in [0.15, 0.2) is 36.4 Å². The number of amides is 2. The quantitative estimate of drug-likeness (QED) is 0.429. The summed E-state index contributed by atoms with van der Waals surface area (Å²) in [5, 5.41) is 1.08. The van der Waals surface area contributed by atoms with Crippen LogP contribution in [-0.2, 0) is 21.5 Å². The lowest BCUT2D eigenvalue weighted by molar-refractivity contribution is -0.159. The molecule has 46 heavy (non-hydrogen) atoms. The average Bonchev–Trinajstić information content (AvgIpc) is 3.71. The van der Waals surface area contributed by atoms with Crippen molar-refractivity contribution in [3.05, 3.63) is 53.1 Å². The predicted molar refractivity (Wildman–Crippen MR) is 176 cm³/mol. The van der Waals surface area contributed by atoms with E-state index >= 15 is 0 Å². The fraction of sp³-hybridized carbons (Fsp3) is 0.543. The number of ether oxygens (including phenoxy) is 1. The molecule has 2 saturated heterocycles. The Morgan fingerprint density at radius 3 is 2.46 bits per heavy atom. The van der Waals surface area contributed by atoms with Crippen molar-refractivity contribution in [1.29, 1.82) is 0 Å². The number of carbonyl (C=O) groups excluding carboxylic acids is 2. The molecule has 4 atom stereocenters. The third-order valence-corrected chi connectivity index (χ3v) is 12.9. The van der Waals surface area contributed by atoms with E-state index < -0.39 is 21.5 Å². The van der Waals surface area contributed by atoms with Crippen molar-refractivity contribution in [2.75, 3.05) is 41.3 Å². The molecule has 4 heterocycles. The molecule has 2 bridgehead atoms. The fourth-order valence-electron chi connectivity index (χ4n) is 9.10. The molecule has 2 aliphatic carbocycles. The van der Waals surface area contributed by atoms with Crippen LogP contribution in [0.4, 0.5) is 0 Å². The Morgan fingerprint density at radius 1 is 1.02 bits per heavy atom. The highest BCUT2D eigenvalue weighted by molar-refractivity contribution is 7.87. The van der Waals surface area contributed by atoms with Gasteiger partial charge >= 0.3 is 10.2 Å². The Morgan fingerprint density at radius 2 is 1.76 bits per heavy atom. The zero-order valence-electron chi connectivity index (χ0n) is 27.1. The standard InChI is InChI=1S/C35H43N5O5S/c1-37(2)46(43,44)36-33(41)22-10-12-27-30(14-22)39-20-35(34(42)40-23-15-24(40)19-38(3)18-23)17-29(35)28-16-25(45-4)11-13-26(28)32(39)31(27)21-8-6-5-7-9-21/h10-14,16,21,23-24,29H,5-9,15,17-20H2,1-4H3,(H,36,41)/t23-,24+,29-,35-/m1/s1. The van der Waals surface area contributed by atoms with Crippen LogP contribution in [0.25, 0.3) is 22.2 Å². The lowest BCUT2D eigenvalue weighted by atomic mass is 9.81. The number of aromatic nitrogens is 1. The Bertz CT molecular complexity index is 1870. The highest BCUT2D eigenvalue weighted by Crippen LogP contribution is 2.67. The van der Waals surface area contributed by atoms with Crippen LogP contribution in [-0.4, -0.2) is 92.3 Å². The molecule has 0 radical (unpaired) electrons. The van der Waals surface area contributed by atoms with E-state index in [1.807, 2.05) is 18.2 Å². The third-order valence-electron chi connectivity index (χ3n) is 11.5. The molecule has 5 aliphatic rings. The average molecular weight is 646 g/mol. The highest BCUT2D eigenvalue weighted by atomic mass is 32.2. The van der Waals surface area contributed by atoms with Gasteiger partial charge in [0.05, 0.1) is 18.2 Å². The van der Waals surface area contributed by atoms with Gasteiger partial charge in [-0.05, 0) is 80.1 Å². The van der Waals surface area contributed by atoms with E-state index in [-0.39, 0.29) is 29.5 Å². The molecule has 4 fully saturated rings. The van der Waals surface area contributed by atoms with Gasteiger partial charge in [0.25, 0.3) is 5.91 Å². The Balaban J connectivity index is 1.32. The van der Waals surface area contributed by atoms with Crippen LogP contribution in [0.5, 0.6) is 5.75 Å². The highest BCUT2D eigenvalue weighted by Gasteiger charge is 2.66. The van der Waals surface area contributed by atoms with Crippen molar-refractivity contribution < 1.29 is 22.7 Å². The first-order chi connectivity index (χ1) is 22.0. The third kappa shape index (κ3) is 4.45. The number of benzene rings is 2. The molecular weight excluding hydrogens is 602 g/mol. The summed E-state index contributed by atoms with van der Waals surface area (Å²) in [4.78, 5) is 32.6. The monoisotopic (exact) mass is 645 g/mol. The minimum atomic E-state index is -3.96. The summed E-state index contributed by atoms with van der Waals surface area (Å²) in [5.41, 5.74) is 5.32. The number of hydrogen-bond donors (Lipinski definition) is 1. The van der Waals surface area contributed by atoms with Gasteiger partial charge in [0.2, 0.25) is 5.91 Å². The first kappa shape index (κ1) is 30.0. The number of hydrogen-bond acceptors (Lipinski definition) is 6. The van der Waals surface area contributed by atoms with Crippen molar-refractivity contribution in [2.45, 2.75) is 75.4 Å². The normalized spacial score (nSPS) is 27.3. The number of methoxy groups -OCH3 is 1. The number of likely N-dealkylation sites (tertiary alicyclic amines) is 2. The molecule has 3 aliphatic heterocycles. The van der Waals surface area contributed by atoms with Crippen LogP contribution in [0.3, 0.4) is 0 Å². The molecule has 10 nitrogen and oxygen atoms in total. The Labute approximate surface area is 270 Å². The summed E-state index contributed by atoms with van der Waals surface area (Å²) >= 11 is 0. The summed E-state index contributed by atoms with van der Waals surface area (Å²) in [6.45, 7) is 2.34. The number of piperidine rings is 1. The molecule has 244 valence electrons. The van der Waals surface area contributed by atoms with Crippen molar-refractivity contribution in [3.8, 4) is 17.0 Å². The summed E-state index contributed by atoms with van der Waals surface area (Å²) in [6.07, 6.45) is 7.61. The zero-order valence-corrected chi connectivity index (χ0v) is 27.9.